The van der Waals surface area contributed by atoms with Crippen molar-refractivity contribution in [3.05, 3.63) is 24.2 Å². The molecule has 2 N–H and O–H groups in total. The second-order valence-corrected chi connectivity index (χ2v) is 5.65. The number of hydrogen-bond donors (Lipinski definition) is 2. The normalized spacial score (nSPS) is 24.9. The third-order valence-electron chi connectivity index (χ3n) is 3.83. The number of amides is 1. The molecule has 0 aliphatic heterocycles. The molecule has 0 spiro atoms. The van der Waals surface area contributed by atoms with E-state index in [9.17, 15) is 4.79 Å². The largest absolute Gasteiger partial charge is 0.467 e. The fraction of sp³-hybridized carbons (Fsp3) is 0.667. The maximum atomic E-state index is 12.0. The number of carbonyl (C=O) groups excluding carboxylic acids is 1. The summed E-state index contributed by atoms with van der Waals surface area (Å²) in [5, 5.41) is 6.33. The van der Waals surface area contributed by atoms with Crippen LogP contribution in [-0.4, -0.2) is 18.0 Å². The van der Waals surface area contributed by atoms with Crippen molar-refractivity contribution in [2.75, 3.05) is 0 Å². The van der Waals surface area contributed by atoms with Crippen molar-refractivity contribution in [1.29, 1.82) is 0 Å². The summed E-state index contributed by atoms with van der Waals surface area (Å²) in [6.07, 6.45) is 6.55. The highest BCUT2D eigenvalue weighted by Gasteiger charge is 2.22. The first-order valence-electron chi connectivity index (χ1n) is 7.21. The van der Waals surface area contributed by atoms with Crippen molar-refractivity contribution in [2.45, 2.75) is 58.2 Å². The third kappa shape index (κ3) is 4.39. The zero-order valence-electron chi connectivity index (χ0n) is 11.8. The number of hydrogen-bond acceptors (Lipinski definition) is 3. The summed E-state index contributed by atoms with van der Waals surface area (Å²) in [5.74, 6) is 1.59. The van der Waals surface area contributed by atoms with Gasteiger partial charge in [-0.2, -0.15) is 0 Å². The van der Waals surface area contributed by atoms with Gasteiger partial charge in [-0.25, -0.2) is 0 Å². The maximum absolute atomic E-state index is 12.0. The van der Waals surface area contributed by atoms with E-state index in [0.717, 1.165) is 11.7 Å². The smallest absolute Gasteiger partial charge is 0.237 e. The van der Waals surface area contributed by atoms with Gasteiger partial charge in [0.25, 0.3) is 0 Å². The molecular formula is C15H24N2O2. The Morgan fingerprint density at radius 1 is 1.53 bits per heavy atom. The molecular weight excluding hydrogens is 240 g/mol. The van der Waals surface area contributed by atoms with E-state index < -0.39 is 0 Å². The number of rotatable bonds is 5. The van der Waals surface area contributed by atoms with Gasteiger partial charge < -0.3 is 15.1 Å². The molecule has 1 amide bonds. The van der Waals surface area contributed by atoms with Gasteiger partial charge in [0.2, 0.25) is 5.91 Å². The van der Waals surface area contributed by atoms with Crippen LogP contribution in [0.1, 0.15) is 45.3 Å². The number of furan rings is 1. The van der Waals surface area contributed by atoms with E-state index in [-0.39, 0.29) is 11.9 Å². The average Bonchev–Trinajstić information content (AvgIpc) is 2.89. The Morgan fingerprint density at radius 3 is 3.05 bits per heavy atom. The first-order chi connectivity index (χ1) is 9.15. The van der Waals surface area contributed by atoms with Crippen molar-refractivity contribution in [3.8, 4) is 0 Å². The summed E-state index contributed by atoms with van der Waals surface area (Å²) in [6, 6.07) is 4.02. The van der Waals surface area contributed by atoms with Crippen molar-refractivity contribution in [2.24, 2.45) is 5.92 Å². The summed E-state index contributed by atoms with van der Waals surface area (Å²) >= 11 is 0. The first kappa shape index (κ1) is 14.1. The second kappa shape index (κ2) is 6.75. The monoisotopic (exact) mass is 264 g/mol. The van der Waals surface area contributed by atoms with Crippen LogP contribution in [0.5, 0.6) is 0 Å². The van der Waals surface area contributed by atoms with E-state index in [1.165, 1.54) is 25.7 Å². The fourth-order valence-electron chi connectivity index (χ4n) is 2.76. The summed E-state index contributed by atoms with van der Waals surface area (Å²) < 4.78 is 5.19. The molecule has 2 rings (SSSR count). The average molecular weight is 264 g/mol. The molecule has 1 aromatic heterocycles. The van der Waals surface area contributed by atoms with E-state index in [1.807, 2.05) is 19.1 Å². The van der Waals surface area contributed by atoms with E-state index in [2.05, 4.69) is 17.6 Å². The minimum absolute atomic E-state index is 0.0367. The van der Waals surface area contributed by atoms with Gasteiger partial charge in [-0.1, -0.05) is 19.8 Å². The van der Waals surface area contributed by atoms with Crippen LogP contribution >= 0.6 is 0 Å². The molecule has 0 radical (unpaired) electrons. The Hall–Kier alpha value is -1.29. The molecule has 0 aromatic carbocycles. The molecule has 1 aromatic rings. The minimum atomic E-state index is -0.148. The Kier molecular flexibility index (Phi) is 5.02. The predicted molar refractivity (Wildman–Crippen MR) is 74.6 cm³/mol. The second-order valence-electron chi connectivity index (χ2n) is 5.65. The number of carbonyl (C=O) groups is 1. The van der Waals surface area contributed by atoms with Gasteiger partial charge in [-0.05, 0) is 37.8 Å². The number of nitrogens with one attached hydrogen (secondary N) is 2. The fourth-order valence-corrected chi connectivity index (χ4v) is 2.76. The summed E-state index contributed by atoms with van der Waals surface area (Å²) in [4.78, 5) is 12.0. The van der Waals surface area contributed by atoms with Gasteiger partial charge in [0, 0.05) is 6.04 Å². The molecule has 1 fully saturated rings. The van der Waals surface area contributed by atoms with E-state index in [0.29, 0.717) is 12.6 Å². The lowest BCUT2D eigenvalue weighted by Crippen LogP contribution is -2.47. The molecule has 19 heavy (non-hydrogen) atoms. The Morgan fingerprint density at radius 2 is 2.37 bits per heavy atom. The Bertz CT molecular complexity index is 389. The molecule has 0 bridgehead atoms. The zero-order valence-corrected chi connectivity index (χ0v) is 11.8. The molecule has 3 atom stereocenters. The van der Waals surface area contributed by atoms with Gasteiger partial charge >= 0.3 is 0 Å². The van der Waals surface area contributed by atoms with Gasteiger partial charge in [0.1, 0.15) is 5.76 Å². The van der Waals surface area contributed by atoms with Crippen molar-refractivity contribution >= 4 is 5.91 Å². The molecule has 4 nitrogen and oxygen atoms in total. The van der Waals surface area contributed by atoms with Crippen LogP contribution in [-0.2, 0) is 11.3 Å². The van der Waals surface area contributed by atoms with Gasteiger partial charge in [-0.15, -0.1) is 0 Å². The lowest BCUT2D eigenvalue weighted by atomic mass is 9.87. The van der Waals surface area contributed by atoms with E-state index >= 15 is 0 Å². The van der Waals surface area contributed by atoms with Crippen LogP contribution < -0.4 is 10.6 Å². The minimum Gasteiger partial charge on any atom is -0.467 e. The summed E-state index contributed by atoms with van der Waals surface area (Å²) in [5.41, 5.74) is 0. The summed E-state index contributed by atoms with van der Waals surface area (Å²) in [7, 11) is 0. The van der Waals surface area contributed by atoms with Crippen LogP contribution in [0.2, 0.25) is 0 Å². The quantitative estimate of drug-likeness (QED) is 0.859. The van der Waals surface area contributed by atoms with E-state index in [4.69, 9.17) is 4.42 Å². The van der Waals surface area contributed by atoms with Crippen molar-refractivity contribution < 1.29 is 9.21 Å². The van der Waals surface area contributed by atoms with Crippen LogP contribution in [0.25, 0.3) is 0 Å². The van der Waals surface area contributed by atoms with Crippen LogP contribution in [0.4, 0.5) is 0 Å². The van der Waals surface area contributed by atoms with E-state index in [1.54, 1.807) is 6.26 Å². The van der Waals surface area contributed by atoms with Gasteiger partial charge in [0.15, 0.2) is 0 Å². The first-order valence-corrected chi connectivity index (χ1v) is 7.21. The molecule has 106 valence electrons. The summed E-state index contributed by atoms with van der Waals surface area (Å²) in [6.45, 7) is 4.67. The highest BCUT2D eigenvalue weighted by molar-refractivity contribution is 5.81. The molecule has 1 heterocycles. The van der Waals surface area contributed by atoms with Gasteiger partial charge in [0.05, 0.1) is 18.8 Å². The highest BCUT2D eigenvalue weighted by Crippen LogP contribution is 2.23. The van der Waals surface area contributed by atoms with Crippen molar-refractivity contribution in [3.63, 3.8) is 0 Å². The topological polar surface area (TPSA) is 54.3 Å². The predicted octanol–water partition coefficient (Wildman–Crippen LogP) is 2.45. The lowest BCUT2D eigenvalue weighted by Gasteiger charge is -2.29. The van der Waals surface area contributed by atoms with Crippen LogP contribution in [0, 0.1) is 5.92 Å². The van der Waals surface area contributed by atoms with Crippen molar-refractivity contribution in [1.82, 2.24) is 10.6 Å². The molecule has 3 unspecified atom stereocenters. The van der Waals surface area contributed by atoms with Crippen LogP contribution in [0.3, 0.4) is 0 Å². The zero-order chi connectivity index (χ0) is 13.7. The van der Waals surface area contributed by atoms with Crippen LogP contribution in [0.15, 0.2) is 22.8 Å². The molecule has 1 aliphatic rings. The van der Waals surface area contributed by atoms with Gasteiger partial charge in [-0.3, -0.25) is 4.79 Å². The SMILES string of the molecule is CC1CCCC(NC(C)C(=O)NCc2ccco2)C1. The maximum Gasteiger partial charge on any atom is 0.237 e. The standard InChI is InChI=1S/C15H24N2O2/c1-11-5-3-6-13(9-11)17-12(2)15(18)16-10-14-7-4-8-19-14/h4,7-8,11-13,17H,3,5-6,9-10H2,1-2H3,(H,16,18). The highest BCUT2D eigenvalue weighted by atomic mass is 16.3. The molecule has 0 saturated heterocycles. The molecule has 4 heteroatoms. The molecule has 1 saturated carbocycles. The Labute approximate surface area is 114 Å². The lowest BCUT2D eigenvalue weighted by molar-refractivity contribution is -0.123. The molecule has 1 aliphatic carbocycles. The third-order valence-corrected chi connectivity index (χ3v) is 3.83. The Balaban J connectivity index is 1.72.